The maximum absolute atomic E-state index is 9.03. The zero-order chi connectivity index (χ0) is 13.0. The molecule has 0 saturated heterocycles. The Morgan fingerprint density at radius 3 is 2.67 bits per heavy atom. The number of anilines is 1. The third kappa shape index (κ3) is 2.89. The van der Waals surface area contributed by atoms with Crippen molar-refractivity contribution in [3.63, 3.8) is 0 Å². The molecular formula is C13H8BrN3S. The Morgan fingerprint density at radius 2 is 2.00 bits per heavy atom. The number of thiophene rings is 1. The van der Waals surface area contributed by atoms with E-state index < -0.39 is 0 Å². The first kappa shape index (κ1) is 12.6. The highest BCUT2D eigenvalue weighted by atomic mass is 79.9. The highest BCUT2D eigenvalue weighted by molar-refractivity contribution is 9.10. The van der Waals surface area contributed by atoms with E-state index in [1.165, 1.54) is 11.3 Å². The molecule has 0 aliphatic rings. The molecule has 18 heavy (non-hydrogen) atoms. The van der Waals surface area contributed by atoms with Gasteiger partial charge in [-0.15, -0.1) is 11.3 Å². The quantitative estimate of drug-likeness (QED) is 0.934. The maximum atomic E-state index is 9.03. The fourth-order valence-corrected chi connectivity index (χ4v) is 2.58. The van der Waals surface area contributed by atoms with Crippen LogP contribution in [0.4, 0.5) is 5.69 Å². The Hall–Kier alpha value is -1.82. The van der Waals surface area contributed by atoms with Crippen molar-refractivity contribution in [1.82, 2.24) is 0 Å². The number of rotatable bonds is 3. The van der Waals surface area contributed by atoms with Crippen molar-refractivity contribution in [2.75, 3.05) is 5.32 Å². The molecule has 2 rings (SSSR count). The number of halogens is 1. The van der Waals surface area contributed by atoms with Crippen molar-refractivity contribution in [1.29, 1.82) is 10.5 Å². The third-order valence-corrected chi connectivity index (χ3v) is 3.81. The SMILES string of the molecule is N#Cc1ccc(CNc2ccc(Br)cc2C#N)s1. The molecule has 3 nitrogen and oxygen atoms in total. The molecule has 0 unspecified atom stereocenters. The van der Waals surface area contributed by atoms with Gasteiger partial charge in [0.15, 0.2) is 0 Å². The van der Waals surface area contributed by atoms with Crippen LogP contribution in [0.1, 0.15) is 15.3 Å². The highest BCUT2D eigenvalue weighted by Gasteiger charge is 2.04. The van der Waals surface area contributed by atoms with Gasteiger partial charge in [-0.3, -0.25) is 0 Å². The monoisotopic (exact) mass is 317 g/mol. The van der Waals surface area contributed by atoms with Crippen LogP contribution in [-0.2, 0) is 6.54 Å². The summed E-state index contributed by atoms with van der Waals surface area (Å²) in [5, 5.41) is 21.0. The summed E-state index contributed by atoms with van der Waals surface area (Å²) < 4.78 is 0.882. The fraction of sp³-hybridized carbons (Fsp3) is 0.0769. The van der Waals surface area contributed by atoms with Gasteiger partial charge < -0.3 is 5.32 Å². The first-order valence-corrected chi connectivity index (χ1v) is 6.76. The predicted molar refractivity (Wildman–Crippen MR) is 75.2 cm³/mol. The Kier molecular flexibility index (Phi) is 3.99. The maximum Gasteiger partial charge on any atom is 0.110 e. The van der Waals surface area contributed by atoms with Gasteiger partial charge in [-0.1, -0.05) is 15.9 Å². The van der Waals surface area contributed by atoms with E-state index in [9.17, 15) is 0 Å². The summed E-state index contributed by atoms with van der Waals surface area (Å²) in [5.41, 5.74) is 1.40. The van der Waals surface area contributed by atoms with Crippen molar-refractivity contribution in [3.8, 4) is 12.1 Å². The largest absolute Gasteiger partial charge is 0.379 e. The van der Waals surface area contributed by atoms with Gasteiger partial charge in [0.05, 0.1) is 11.3 Å². The number of hydrogen-bond acceptors (Lipinski definition) is 4. The van der Waals surface area contributed by atoms with Gasteiger partial charge in [0.25, 0.3) is 0 Å². The lowest BCUT2D eigenvalue weighted by atomic mass is 10.2. The van der Waals surface area contributed by atoms with Gasteiger partial charge in [0, 0.05) is 15.9 Å². The van der Waals surface area contributed by atoms with Crippen LogP contribution in [0.15, 0.2) is 34.8 Å². The summed E-state index contributed by atoms with van der Waals surface area (Å²) >= 11 is 4.79. The number of benzene rings is 1. The van der Waals surface area contributed by atoms with Crippen LogP contribution in [-0.4, -0.2) is 0 Å². The molecule has 0 saturated carbocycles. The van der Waals surface area contributed by atoms with Gasteiger partial charge in [-0.2, -0.15) is 10.5 Å². The molecule has 5 heteroatoms. The zero-order valence-corrected chi connectivity index (χ0v) is 11.7. The molecule has 0 amide bonds. The van der Waals surface area contributed by atoms with Crippen LogP contribution in [0.25, 0.3) is 0 Å². The average molecular weight is 318 g/mol. The van der Waals surface area contributed by atoms with Crippen molar-refractivity contribution in [2.45, 2.75) is 6.54 Å². The normalized spacial score (nSPS) is 9.50. The van der Waals surface area contributed by atoms with E-state index in [2.05, 4.69) is 33.4 Å². The summed E-state index contributed by atoms with van der Waals surface area (Å²) in [6.07, 6.45) is 0. The van der Waals surface area contributed by atoms with Crippen LogP contribution in [0, 0.1) is 22.7 Å². The molecule has 1 aromatic carbocycles. The Bertz CT molecular complexity index is 649. The van der Waals surface area contributed by atoms with E-state index in [4.69, 9.17) is 10.5 Å². The van der Waals surface area contributed by atoms with Gasteiger partial charge in [-0.05, 0) is 30.3 Å². The van der Waals surface area contributed by atoms with Crippen molar-refractivity contribution in [2.24, 2.45) is 0 Å². The van der Waals surface area contributed by atoms with Crippen molar-refractivity contribution < 1.29 is 0 Å². The zero-order valence-electron chi connectivity index (χ0n) is 9.27. The molecule has 0 spiro atoms. The van der Waals surface area contributed by atoms with Gasteiger partial charge in [0.1, 0.15) is 17.0 Å². The molecule has 88 valence electrons. The number of hydrogen-bond donors (Lipinski definition) is 1. The molecule has 0 bridgehead atoms. The summed E-state index contributed by atoms with van der Waals surface area (Å²) in [4.78, 5) is 1.77. The van der Waals surface area contributed by atoms with E-state index in [-0.39, 0.29) is 0 Å². The standard InChI is InChI=1S/C13H8BrN3S/c14-10-1-4-13(9(5-10)6-15)17-8-12-3-2-11(7-16)18-12/h1-5,17H,8H2. The minimum absolute atomic E-state index is 0.599. The van der Waals surface area contributed by atoms with Crippen molar-refractivity contribution in [3.05, 3.63) is 50.1 Å². The van der Waals surface area contributed by atoms with E-state index in [0.29, 0.717) is 17.0 Å². The molecule has 0 atom stereocenters. The number of nitrogens with one attached hydrogen (secondary N) is 1. The van der Waals surface area contributed by atoms with Gasteiger partial charge in [-0.25, -0.2) is 0 Å². The number of nitrogens with zero attached hydrogens (tertiary/aromatic N) is 2. The molecule has 1 N–H and O–H groups in total. The van der Waals surface area contributed by atoms with Crippen LogP contribution < -0.4 is 5.32 Å². The average Bonchev–Trinajstić information content (AvgIpc) is 2.85. The molecule has 1 aromatic heterocycles. The first-order valence-electron chi connectivity index (χ1n) is 5.15. The molecule has 0 aliphatic heterocycles. The van der Waals surface area contributed by atoms with Gasteiger partial charge >= 0.3 is 0 Å². The highest BCUT2D eigenvalue weighted by Crippen LogP contribution is 2.22. The lowest BCUT2D eigenvalue weighted by molar-refractivity contribution is 1.19. The predicted octanol–water partition coefficient (Wildman–Crippen LogP) is 3.87. The summed E-state index contributed by atoms with van der Waals surface area (Å²) in [5.74, 6) is 0. The molecular weight excluding hydrogens is 310 g/mol. The van der Waals surface area contributed by atoms with Crippen LogP contribution in [0.3, 0.4) is 0 Å². The number of nitriles is 2. The van der Waals surface area contributed by atoms with Gasteiger partial charge in [0.2, 0.25) is 0 Å². The summed E-state index contributed by atoms with van der Waals surface area (Å²) in [7, 11) is 0. The second kappa shape index (κ2) is 5.68. The molecule has 0 radical (unpaired) electrons. The third-order valence-electron chi connectivity index (χ3n) is 2.33. The van der Waals surface area contributed by atoms with E-state index in [0.717, 1.165) is 15.0 Å². The summed E-state index contributed by atoms with van der Waals surface area (Å²) in [6, 6.07) is 13.5. The second-order valence-electron chi connectivity index (χ2n) is 3.53. The van der Waals surface area contributed by atoms with E-state index in [1.807, 2.05) is 18.2 Å². The van der Waals surface area contributed by atoms with E-state index in [1.54, 1.807) is 12.1 Å². The Labute approximate surface area is 117 Å². The van der Waals surface area contributed by atoms with E-state index >= 15 is 0 Å². The lowest BCUT2D eigenvalue weighted by Crippen LogP contribution is -1.99. The minimum Gasteiger partial charge on any atom is -0.379 e. The Balaban J connectivity index is 2.11. The topological polar surface area (TPSA) is 59.6 Å². The second-order valence-corrected chi connectivity index (χ2v) is 5.62. The minimum atomic E-state index is 0.599. The van der Waals surface area contributed by atoms with Crippen LogP contribution >= 0.6 is 27.3 Å². The lowest BCUT2D eigenvalue weighted by Gasteiger charge is -2.07. The molecule has 0 aliphatic carbocycles. The Morgan fingerprint density at radius 1 is 1.17 bits per heavy atom. The van der Waals surface area contributed by atoms with Crippen molar-refractivity contribution >= 4 is 33.0 Å². The first-order chi connectivity index (χ1) is 8.72. The van der Waals surface area contributed by atoms with Crippen LogP contribution in [0.2, 0.25) is 0 Å². The molecule has 1 heterocycles. The van der Waals surface area contributed by atoms with Crippen LogP contribution in [0.5, 0.6) is 0 Å². The molecule has 0 fully saturated rings. The smallest absolute Gasteiger partial charge is 0.110 e. The fourth-order valence-electron chi connectivity index (χ4n) is 1.48. The molecule has 2 aromatic rings. The summed E-state index contributed by atoms with van der Waals surface area (Å²) in [6.45, 7) is 0.614.